The lowest BCUT2D eigenvalue weighted by atomic mass is 9.92. The molecule has 0 spiro atoms. The van der Waals surface area contributed by atoms with Crippen molar-refractivity contribution in [3.05, 3.63) is 0 Å². The highest BCUT2D eigenvalue weighted by atomic mass is 16.5. The minimum absolute atomic E-state index is 0.00795. The van der Waals surface area contributed by atoms with Crippen LogP contribution in [0, 0.1) is 5.92 Å². The second-order valence-electron chi connectivity index (χ2n) is 5.57. The molecular weight excluding hydrogens is 244 g/mol. The number of carbonyl (C=O) groups excluding carboxylic acids is 1. The molecule has 2 N–H and O–H groups in total. The van der Waals surface area contributed by atoms with E-state index in [0.29, 0.717) is 19.1 Å². The number of rotatable bonds is 6. The monoisotopic (exact) mass is 272 g/mol. The van der Waals surface area contributed by atoms with Crippen LogP contribution in [0.25, 0.3) is 0 Å². The third kappa shape index (κ3) is 6.25. The van der Waals surface area contributed by atoms with Crippen molar-refractivity contribution in [2.45, 2.75) is 52.2 Å². The van der Waals surface area contributed by atoms with E-state index < -0.39 is 0 Å². The van der Waals surface area contributed by atoms with E-state index in [4.69, 9.17) is 4.74 Å². The number of piperidine rings is 1. The van der Waals surface area contributed by atoms with Gasteiger partial charge in [0.25, 0.3) is 0 Å². The fraction of sp³-hybridized carbons (Fsp3) is 0.929. The van der Waals surface area contributed by atoms with E-state index in [2.05, 4.69) is 5.32 Å². The number of ether oxygens (including phenoxy) is 1. The van der Waals surface area contributed by atoms with Gasteiger partial charge in [-0.2, -0.15) is 0 Å². The molecule has 0 bridgehead atoms. The second kappa shape index (κ2) is 8.38. The minimum Gasteiger partial charge on any atom is -0.393 e. The van der Waals surface area contributed by atoms with Crippen LogP contribution in [-0.2, 0) is 4.74 Å². The predicted octanol–water partition coefficient (Wildman–Crippen LogP) is 1.60. The van der Waals surface area contributed by atoms with Gasteiger partial charge in [0.2, 0.25) is 0 Å². The van der Waals surface area contributed by atoms with Gasteiger partial charge in [0.05, 0.1) is 12.2 Å². The van der Waals surface area contributed by atoms with Crippen LogP contribution < -0.4 is 5.32 Å². The van der Waals surface area contributed by atoms with Crippen LogP contribution in [0.3, 0.4) is 0 Å². The number of hydrogen-bond donors (Lipinski definition) is 2. The Morgan fingerprint density at radius 2 is 2.00 bits per heavy atom. The summed E-state index contributed by atoms with van der Waals surface area (Å²) in [5.74, 6) is 0.337. The van der Waals surface area contributed by atoms with Gasteiger partial charge in [-0.05, 0) is 46.0 Å². The Hall–Kier alpha value is -0.810. The number of carbonyl (C=O) groups is 1. The van der Waals surface area contributed by atoms with Crippen LogP contribution >= 0.6 is 0 Å². The minimum atomic E-state index is -0.265. The number of nitrogens with one attached hydrogen (secondary N) is 1. The van der Waals surface area contributed by atoms with Gasteiger partial charge in [-0.3, -0.25) is 0 Å². The Labute approximate surface area is 116 Å². The number of nitrogens with zero attached hydrogens (tertiary/aromatic N) is 1. The molecule has 0 saturated carbocycles. The topological polar surface area (TPSA) is 61.8 Å². The van der Waals surface area contributed by atoms with Crippen molar-refractivity contribution < 1.29 is 14.6 Å². The lowest BCUT2D eigenvalue weighted by molar-refractivity contribution is 0.0744. The normalized spacial score (nSPS) is 18.7. The van der Waals surface area contributed by atoms with E-state index in [-0.39, 0.29) is 18.2 Å². The quantitative estimate of drug-likeness (QED) is 0.722. The van der Waals surface area contributed by atoms with Crippen molar-refractivity contribution in [2.75, 3.05) is 26.2 Å². The molecule has 1 rings (SSSR count). The summed E-state index contributed by atoms with van der Waals surface area (Å²) in [5, 5.41) is 12.4. The zero-order chi connectivity index (χ0) is 14.3. The summed E-state index contributed by atoms with van der Waals surface area (Å²) in [6.45, 7) is 8.66. The summed E-state index contributed by atoms with van der Waals surface area (Å²) in [4.78, 5) is 13.7. The number of hydrogen-bond acceptors (Lipinski definition) is 3. The van der Waals surface area contributed by atoms with E-state index in [1.165, 1.54) is 0 Å². The maximum absolute atomic E-state index is 11.9. The van der Waals surface area contributed by atoms with Crippen molar-refractivity contribution in [2.24, 2.45) is 5.92 Å². The summed E-state index contributed by atoms with van der Waals surface area (Å²) in [6.07, 6.45) is 2.60. The fourth-order valence-corrected chi connectivity index (χ4v) is 2.28. The Kier molecular flexibility index (Phi) is 7.16. The maximum Gasteiger partial charge on any atom is 0.317 e. The molecule has 1 aliphatic heterocycles. The number of urea groups is 1. The molecule has 1 saturated heterocycles. The number of likely N-dealkylation sites (tertiary alicyclic amines) is 1. The first-order chi connectivity index (χ1) is 9.00. The first-order valence-corrected chi connectivity index (χ1v) is 7.33. The molecule has 2 amide bonds. The molecule has 1 fully saturated rings. The Bertz CT molecular complexity index is 261. The van der Waals surface area contributed by atoms with Gasteiger partial charge >= 0.3 is 6.03 Å². The van der Waals surface area contributed by atoms with Crippen molar-refractivity contribution in [1.29, 1.82) is 0 Å². The van der Waals surface area contributed by atoms with Gasteiger partial charge in [-0.1, -0.05) is 0 Å². The average Bonchev–Trinajstić information content (AvgIpc) is 2.37. The summed E-state index contributed by atoms with van der Waals surface area (Å²) >= 11 is 0. The van der Waals surface area contributed by atoms with E-state index in [1.807, 2.05) is 25.7 Å². The van der Waals surface area contributed by atoms with Gasteiger partial charge in [0.1, 0.15) is 0 Å². The summed E-state index contributed by atoms with van der Waals surface area (Å²) < 4.78 is 5.42. The van der Waals surface area contributed by atoms with Crippen LogP contribution in [0.5, 0.6) is 0 Å². The molecule has 0 aromatic rings. The second-order valence-corrected chi connectivity index (χ2v) is 5.57. The van der Waals surface area contributed by atoms with Gasteiger partial charge in [0.15, 0.2) is 0 Å². The Morgan fingerprint density at radius 3 is 2.53 bits per heavy atom. The van der Waals surface area contributed by atoms with Gasteiger partial charge < -0.3 is 20.1 Å². The highest BCUT2D eigenvalue weighted by Gasteiger charge is 2.24. The SMILES string of the molecule is CC(C)OCCCNC(=O)N1CCC(C(C)O)CC1. The molecular formula is C14H28N2O3. The first-order valence-electron chi connectivity index (χ1n) is 7.33. The summed E-state index contributed by atoms with van der Waals surface area (Å²) in [6, 6.07) is 0.00795. The van der Waals surface area contributed by atoms with Gasteiger partial charge in [-0.25, -0.2) is 4.79 Å². The highest BCUT2D eigenvalue weighted by molar-refractivity contribution is 5.74. The van der Waals surface area contributed by atoms with Crippen LogP contribution in [0.1, 0.15) is 40.0 Å². The van der Waals surface area contributed by atoms with Crippen LogP contribution in [0.4, 0.5) is 4.79 Å². The third-order valence-electron chi connectivity index (χ3n) is 3.56. The van der Waals surface area contributed by atoms with Crippen LogP contribution in [0.2, 0.25) is 0 Å². The largest absolute Gasteiger partial charge is 0.393 e. The molecule has 1 aliphatic rings. The molecule has 0 aliphatic carbocycles. The van der Waals surface area contributed by atoms with Crippen molar-refractivity contribution in [1.82, 2.24) is 10.2 Å². The van der Waals surface area contributed by atoms with Crippen molar-refractivity contribution in [3.63, 3.8) is 0 Å². The molecule has 0 aromatic carbocycles. The van der Waals surface area contributed by atoms with Crippen LogP contribution in [0.15, 0.2) is 0 Å². The molecule has 0 aromatic heterocycles. The van der Waals surface area contributed by atoms with Gasteiger partial charge in [-0.15, -0.1) is 0 Å². The maximum atomic E-state index is 11.9. The number of aliphatic hydroxyl groups excluding tert-OH is 1. The molecule has 112 valence electrons. The number of aliphatic hydroxyl groups is 1. The molecule has 0 radical (unpaired) electrons. The smallest absolute Gasteiger partial charge is 0.317 e. The zero-order valence-electron chi connectivity index (χ0n) is 12.4. The van der Waals surface area contributed by atoms with Crippen molar-refractivity contribution >= 4 is 6.03 Å². The van der Waals surface area contributed by atoms with Crippen LogP contribution in [-0.4, -0.2) is 54.5 Å². The lowest BCUT2D eigenvalue weighted by Crippen LogP contribution is -2.46. The standard InChI is InChI=1S/C14H28N2O3/c1-11(2)19-10-4-7-15-14(18)16-8-5-13(6-9-16)12(3)17/h11-13,17H,4-10H2,1-3H3,(H,15,18). The predicted molar refractivity (Wildman–Crippen MR) is 75.1 cm³/mol. The average molecular weight is 272 g/mol. The molecule has 1 unspecified atom stereocenters. The molecule has 1 atom stereocenters. The van der Waals surface area contributed by atoms with E-state index in [0.717, 1.165) is 32.4 Å². The lowest BCUT2D eigenvalue weighted by Gasteiger charge is -2.33. The third-order valence-corrected chi connectivity index (χ3v) is 3.56. The molecule has 19 heavy (non-hydrogen) atoms. The Balaban J connectivity index is 2.11. The molecule has 5 heteroatoms. The van der Waals surface area contributed by atoms with E-state index in [1.54, 1.807) is 0 Å². The number of amides is 2. The van der Waals surface area contributed by atoms with Gasteiger partial charge in [0, 0.05) is 26.2 Å². The highest BCUT2D eigenvalue weighted by Crippen LogP contribution is 2.20. The molecule has 1 heterocycles. The van der Waals surface area contributed by atoms with E-state index in [9.17, 15) is 9.90 Å². The zero-order valence-corrected chi connectivity index (χ0v) is 12.4. The summed E-state index contributed by atoms with van der Waals surface area (Å²) in [7, 11) is 0. The fourth-order valence-electron chi connectivity index (χ4n) is 2.28. The molecule has 5 nitrogen and oxygen atoms in total. The Morgan fingerprint density at radius 1 is 1.37 bits per heavy atom. The summed E-state index contributed by atoms with van der Waals surface area (Å²) in [5.41, 5.74) is 0. The van der Waals surface area contributed by atoms with Crippen molar-refractivity contribution in [3.8, 4) is 0 Å². The first kappa shape index (κ1) is 16.2. The van der Waals surface area contributed by atoms with E-state index >= 15 is 0 Å².